The molecule has 1 unspecified atom stereocenters. The highest BCUT2D eigenvalue weighted by atomic mass is 16.2. The van der Waals surface area contributed by atoms with Crippen LogP contribution in [0.25, 0.3) is 5.82 Å². The predicted molar refractivity (Wildman–Crippen MR) is 106 cm³/mol. The molecule has 0 spiro atoms. The number of anilines is 2. The lowest BCUT2D eigenvalue weighted by molar-refractivity contribution is -0.122. The number of carbonyl (C=O) groups is 2. The van der Waals surface area contributed by atoms with Gasteiger partial charge in [-0.1, -0.05) is 17.7 Å². The van der Waals surface area contributed by atoms with E-state index in [0.29, 0.717) is 12.2 Å². The SMILES string of the molecule is Cc1ccc(N2CC(C(=O)Nc3ccc(-n4ccnc4C)nc3)CC2=O)cc1. The molecule has 1 aromatic carbocycles. The Hall–Kier alpha value is -3.48. The van der Waals surface area contributed by atoms with Gasteiger partial charge in [0.05, 0.1) is 17.8 Å². The van der Waals surface area contributed by atoms with E-state index in [4.69, 9.17) is 0 Å². The molecule has 1 saturated heterocycles. The van der Waals surface area contributed by atoms with E-state index in [0.717, 1.165) is 22.9 Å². The summed E-state index contributed by atoms with van der Waals surface area (Å²) in [4.78, 5) is 35.2. The topological polar surface area (TPSA) is 80.1 Å². The first kappa shape index (κ1) is 17.9. The van der Waals surface area contributed by atoms with Crippen LogP contribution in [0.2, 0.25) is 0 Å². The van der Waals surface area contributed by atoms with Crippen molar-refractivity contribution in [3.63, 3.8) is 0 Å². The van der Waals surface area contributed by atoms with Gasteiger partial charge in [-0.25, -0.2) is 9.97 Å². The van der Waals surface area contributed by atoms with Crippen LogP contribution in [-0.4, -0.2) is 32.9 Å². The maximum atomic E-state index is 12.6. The van der Waals surface area contributed by atoms with Crippen molar-refractivity contribution < 1.29 is 9.59 Å². The standard InChI is InChI=1S/C21H21N5O2/c1-14-3-6-18(7-4-14)26-13-16(11-20(26)27)21(28)24-17-5-8-19(23-12-17)25-10-9-22-15(25)2/h3-10,12,16H,11,13H2,1-2H3,(H,24,28). The van der Waals surface area contributed by atoms with Gasteiger partial charge in [0, 0.05) is 31.0 Å². The zero-order valence-corrected chi connectivity index (χ0v) is 15.8. The maximum Gasteiger partial charge on any atom is 0.229 e. The van der Waals surface area contributed by atoms with Gasteiger partial charge in [0.1, 0.15) is 11.6 Å². The molecule has 0 radical (unpaired) electrons. The quantitative estimate of drug-likeness (QED) is 0.760. The molecule has 1 atom stereocenters. The Morgan fingerprint density at radius 3 is 2.54 bits per heavy atom. The predicted octanol–water partition coefficient (Wildman–Crippen LogP) is 2.88. The lowest BCUT2D eigenvalue weighted by Crippen LogP contribution is -2.28. The molecule has 1 aliphatic heterocycles. The van der Waals surface area contributed by atoms with Gasteiger partial charge in [0.2, 0.25) is 11.8 Å². The van der Waals surface area contributed by atoms with Crippen molar-refractivity contribution in [1.82, 2.24) is 14.5 Å². The van der Waals surface area contributed by atoms with Gasteiger partial charge in [0.15, 0.2) is 0 Å². The minimum atomic E-state index is -0.385. The highest BCUT2D eigenvalue weighted by Gasteiger charge is 2.35. The lowest BCUT2D eigenvalue weighted by Gasteiger charge is -2.17. The summed E-state index contributed by atoms with van der Waals surface area (Å²) in [6, 6.07) is 11.4. The number of nitrogens with zero attached hydrogens (tertiary/aromatic N) is 4. The average Bonchev–Trinajstić information content (AvgIpc) is 3.29. The summed E-state index contributed by atoms with van der Waals surface area (Å²) < 4.78 is 1.86. The van der Waals surface area contributed by atoms with Gasteiger partial charge in [-0.3, -0.25) is 14.2 Å². The van der Waals surface area contributed by atoms with E-state index in [1.54, 1.807) is 23.4 Å². The average molecular weight is 375 g/mol. The van der Waals surface area contributed by atoms with E-state index in [1.165, 1.54) is 0 Å². The molecule has 1 aliphatic rings. The molecule has 3 heterocycles. The van der Waals surface area contributed by atoms with Crippen molar-refractivity contribution in [1.29, 1.82) is 0 Å². The number of benzene rings is 1. The van der Waals surface area contributed by atoms with Gasteiger partial charge < -0.3 is 10.2 Å². The fourth-order valence-corrected chi connectivity index (χ4v) is 3.32. The van der Waals surface area contributed by atoms with Crippen LogP contribution in [-0.2, 0) is 9.59 Å². The first-order valence-electron chi connectivity index (χ1n) is 9.15. The molecule has 1 fully saturated rings. The number of aryl methyl sites for hydroxylation is 2. The summed E-state index contributed by atoms with van der Waals surface area (Å²) in [6.07, 6.45) is 5.37. The third-order valence-electron chi connectivity index (χ3n) is 4.93. The van der Waals surface area contributed by atoms with E-state index < -0.39 is 0 Å². The van der Waals surface area contributed by atoms with Crippen LogP contribution in [0.4, 0.5) is 11.4 Å². The van der Waals surface area contributed by atoms with Crippen molar-refractivity contribution >= 4 is 23.2 Å². The fraction of sp³-hybridized carbons (Fsp3) is 0.238. The van der Waals surface area contributed by atoms with Crippen molar-refractivity contribution in [2.24, 2.45) is 5.92 Å². The Morgan fingerprint density at radius 2 is 1.89 bits per heavy atom. The smallest absolute Gasteiger partial charge is 0.229 e. The Labute approximate surface area is 163 Å². The van der Waals surface area contributed by atoms with Crippen LogP contribution in [0.5, 0.6) is 0 Å². The summed E-state index contributed by atoms with van der Waals surface area (Å²) in [6.45, 7) is 4.28. The number of aromatic nitrogens is 3. The molecular weight excluding hydrogens is 354 g/mol. The number of pyridine rings is 1. The summed E-state index contributed by atoms with van der Waals surface area (Å²) in [5.41, 5.74) is 2.56. The van der Waals surface area contributed by atoms with Crippen LogP contribution >= 0.6 is 0 Å². The second-order valence-corrected chi connectivity index (χ2v) is 6.98. The normalized spacial score (nSPS) is 16.4. The van der Waals surface area contributed by atoms with E-state index >= 15 is 0 Å². The summed E-state index contributed by atoms with van der Waals surface area (Å²) in [5.74, 6) is 0.980. The summed E-state index contributed by atoms with van der Waals surface area (Å²) in [5, 5.41) is 2.87. The largest absolute Gasteiger partial charge is 0.324 e. The molecule has 7 heteroatoms. The Morgan fingerprint density at radius 1 is 1.11 bits per heavy atom. The Bertz CT molecular complexity index is 1010. The summed E-state index contributed by atoms with van der Waals surface area (Å²) >= 11 is 0. The number of nitrogens with one attached hydrogen (secondary N) is 1. The molecule has 28 heavy (non-hydrogen) atoms. The maximum absolute atomic E-state index is 12.6. The van der Waals surface area contributed by atoms with Gasteiger partial charge in [0.25, 0.3) is 0 Å². The second-order valence-electron chi connectivity index (χ2n) is 6.98. The van der Waals surface area contributed by atoms with Crippen molar-refractivity contribution in [2.45, 2.75) is 20.3 Å². The first-order chi connectivity index (χ1) is 13.5. The highest BCUT2D eigenvalue weighted by molar-refractivity contribution is 6.03. The van der Waals surface area contributed by atoms with Gasteiger partial charge >= 0.3 is 0 Å². The van der Waals surface area contributed by atoms with Gasteiger partial charge in [-0.15, -0.1) is 0 Å². The number of amides is 2. The van der Waals surface area contributed by atoms with Crippen LogP contribution < -0.4 is 10.2 Å². The number of imidazole rings is 1. The second kappa shape index (κ2) is 7.26. The molecule has 2 amide bonds. The number of carbonyl (C=O) groups excluding carboxylic acids is 2. The third-order valence-corrected chi connectivity index (χ3v) is 4.93. The van der Waals surface area contributed by atoms with Crippen molar-refractivity contribution in [2.75, 3.05) is 16.8 Å². The molecule has 2 aromatic heterocycles. The Balaban J connectivity index is 1.42. The van der Waals surface area contributed by atoms with Crippen LogP contribution in [0.3, 0.4) is 0 Å². The van der Waals surface area contributed by atoms with Crippen LogP contribution in [0, 0.1) is 19.8 Å². The van der Waals surface area contributed by atoms with E-state index in [-0.39, 0.29) is 24.2 Å². The van der Waals surface area contributed by atoms with E-state index in [9.17, 15) is 9.59 Å². The molecule has 0 aliphatic carbocycles. The lowest BCUT2D eigenvalue weighted by atomic mass is 10.1. The minimum absolute atomic E-state index is 0.0342. The van der Waals surface area contributed by atoms with Gasteiger partial charge in [-0.05, 0) is 38.1 Å². The molecule has 4 rings (SSSR count). The number of rotatable bonds is 4. The van der Waals surface area contributed by atoms with Crippen LogP contribution in [0.1, 0.15) is 17.8 Å². The van der Waals surface area contributed by atoms with E-state index in [1.807, 2.05) is 54.9 Å². The molecule has 3 aromatic rings. The number of hydrogen-bond acceptors (Lipinski definition) is 4. The minimum Gasteiger partial charge on any atom is -0.324 e. The van der Waals surface area contributed by atoms with Crippen molar-refractivity contribution in [3.8, 4) is 5.82 Å². The van der Waals surface area contributed by atoms with Crippen LogP contribution in [0.15, 0.2) is 55.0 Å². The molecule has 0 bridgehead atoms. The fourth-order valence-electron chi connectivity index (χ4n) is 3.32. The monoisotopic (exact) mass is 375 g/mol. The van der Waals surface area contributed by atoms with E-state index in [2.05, 4.69) is 15.3 Å². The molecule has 0 saturated carbocycles. The zero-order valence-electron chi connectivity index (χ0n) is 15.8. The first-order valence-corrected chi connectivity index (χ1v) is 9.15. The number of hydrogen-bond donors (Lipinski definition) is 1. The molecule has 142 valence electrons. The molecule has 1 N–H and O–H groups in total. The molecular formula is C21H21N5O2. The highest BCUT2D eigenvalue weighted by Crippen LogP contribution is 2.26. The van der Waals surface area contributed by atoms with Crippen molar-refractivity contribution in [3.05, 3.63) is 66.4 Å². The zero-order chi connectivity index (χ0) is 19.7. The third kappa shape index (κ3) is 3.51. The summed E-state index contributed by atoms with van der Waals surface area (Å²) in [7, 11) is 0. The van der Waals surface area contributed by atoms with Gasteiger partial charge in [-0.2, -0.15) is 0 Å². The molecule has 7 nitrogen and oxygen atoms in total. The Kier molecular flexibility index (Phi) is 4.65.